The summed E-state index contributed by atoms with van der Waals surface area (Å²) in [5, 5.41) is 2.14. The van der Waals surface area contributed by atoms with Crippen molar-refractivity contribution in [3.8, 4) is 11.5 Å². The minimum absolute atomic E-state index is 0. The fourth-order valence-corrected chi connectivity index (χ4v) is 4.35. The first-order valence-corrected chi connectivity index (χ1v) is 10.9. The van der Waals surface area contributed by atoms with E-state index in [1.807, 2.05) is 71.4 Å². The number of H-pyrrole nitrogens is 1. The maximum Gasteiger partial charge on any atom is 0.277 e. The van der Waals surface area contributed by atoms with Gasteiger partial charge in [-0.1, -0.05) is 60.7 Å². The first-order valence-electron chi connectivity index (χ1n) is 10.9. The van der Waals surface area contributed by atoms with Crippen LogP contribution in [0.4, 0.5) is 0 Å². The molecule has 34 heavy (non-hydrogen) atoms. The summed E-state index contributed by atoms with van der Waals surface area (Å²) in [6.45, 7) is 0.828. The number of carbonyl (C=O) groups excluding carboxylic acids is 1. The first-order chi connectivity index (χ1) is 16.3. The molecule has 1 aliphatic heterocycles. The van der Waals surface area contributed by atoms with Gasteiger partial charge < -0.3 is 31.4 Å². The first kappa shape index (κ1) is 21.9. The van der Waals surface area contributed by atoms with E-state index >= 15 is 0 Å². The van der Waals surface area contributed by atoms with E-state index < -0.39 is 0 Å². The number of ketones is 1. The fourth-order valence-electron chi connectivity index (χ4n) is 4.35. The molecule has 1 aliphatic rings. The Hall–Kier alpha value is -3.90. The van der Waals surface area contributed by atoms with Gasteiger partial charge in [-0.25, -0.2) is 0 Å². The Balaban J connectivity index is 0.00000241. The van der Waals surface area contributed by atoms with E-state index in [9.17, 15) is 4.79 Å². The summed E-state index contributed by atoms with van der Waals surface area (Å²) in [4.78, 5) is 17.0. The minimum Gasteiger partial charge on any atom is -1.00 e. The number of aromatic nitrogens is 2. The van der Waals surface area contributed by atoms with Crippen LogP contribution >= 0.6 is 0 Å². The number of ether oxygens (including phenoxy) is 2. The normalized spacial score (nSPS) is 12.4. The van der Waals surface area contributed by atoms with Crippen molar-refractivity contribution in [2.24, 2.45) is 0 Å². The van der Waals surface area contributed by atoms with Crippen molar-refractivity contribution in [2.75, 3.05) is 6.79 Å². The van der Waals surface area contributed by atoms with Crippen molar-refractivity contribution in [3.05, 3.63) is 108 Å². The van der Waals surface area contributed by atoms with Crippen molar-refractivity contribution >= 4 is 33.7 Å². The van der Waals surface area contributed by atoms with Gasteiger partial charge in [-0.3, -0.25) is 4.79 Å². The van der Waals surface area contributed by atoms with Gasteiger partial charge in [0.15, 0.2) is 24.2 Å². The highest BCUT2D eigenvalue weighted by atomic mass is 79.9. The number of carbonyl (C=O) groups is 1. The van der Waals surface area contributed by atoms with Crippen molar-refractivity contribution in [1.82, 2.24) is 4.98 Å². The fraction of sp³-hybridized carbons (Fsp3) is 0.0714. The standard InChI is InChI=1S/C28H20N2O3.BrH/c31-24(12-10-19-11-13-25-26(16-19)33-18-32-25)28-27-22(21-8-4-5-9-23(21)29-27)14-15-30(28)17-20-6-2-1-3-7-20;/h1-16H,17-18H2;1H/b12-10+;. The zero-order chi connectivity index (χ0) is 22.2. The molecular formula is C28H21BrN2O3. The van der Waals surface area contributed by atoms with Gasteiger partial charge in [-0.15, -0.1) is 0 Å². The molecule has 0 spiro atoms. The van der Waals surface area contributed by atoms with Crippen LogP contribution in [0.2, 0.25) is 0 Å². The van der Waals surface area contributed by atoms with Crippen LogP contribution in [0.5, 0.6) is 11.5 Å². The van der Waals surface area contributed by atoms with Crippen molar-refractivity contribution < 1.29 is 35.8 Å². The van der Waals surface area contributed by atoms with Crippen LogP contribution in [-0.4, -0.2) is 17.6 Å². The summed E-state index contributed by atoms with van der Waals surface area (Å²) < 4.78 is 12.8. The van der Waals surface area contributed by atoms with Gasteiger partial charge >= 0.3 is 0 Å². The molecule has 0 radical (unpaired) electrons. The summed E-state index contributed by atoms with van der Waals surface area (Å²) in [7, 11) is 0. The maximum absolute atomic E-state index is 13.6. The quantitative estimate of drug-likeness (QED) is 0.223. The molecule has 3 heterocycles. The number of hydrogen-bond acceptors (Lipinski definition) is 3. The lowest BCUT2D eigenvalue weighted by Crippen LogP contribution is -3.00. The lowest BCUT2D eigenvalue weighted by atomic mass is 10.1. The van der Waals surface area contributed by atoms with Crippen LogP contribution in [0.3, 0.4) is 0 Å². The van der Waals surface area contributed by atoms with E-state index in [1.54, 1.807) is 6.08 Å². The number of para-hydroxylation sites is 1. The molecule has 0 unspecified atom stereocenters. The molecule has 0 fully saturated rings. The van der Waals surface area contributed by atoms with Gasteiger partial charge in [-0.05, 0) is 29.8 Å². The van der Waals surface area contributed by atoms with Gasteiger partial charge in [0.05, 0.1) is 0 Å². The van der Waals surface area contributed by atoms with E-state index in [-0.39, 0.29) is 29.6 Å². The molecule has 6 rings (SSSR count). The molecule has 3 aromatic carbocycles. The molecule has 0 saturated carbocycles. The van der Waals surface area contributed by atoms with Gasteiger partial charge in [0.1, 0.15) is 5.52 Å². The zero-order valence-electron chi connectivity index (χ0n) is 18.2. The number of nitrogens with zero attached hydrogens (tertiary/aromatic N) is 1. The lowest BCUT2D eigenvalue weighted by molar-refractivity contribution is -0.688. The number of benzene rings is 3. The van der Waals surface area contributed by atoms with Crippen molar-refractivity contribution in [3.63, 3.8) is 0 Å². The van der Waals surface area contributed by atoms with Crippen LogP contribution in [0.1, 0.15) is 21.6 Å². The second kappa shape index (κ2) is 9.15. The number of allylic oxidation sites excluding steroid dienone is 1. The summed E-state index contributed by atoms with van der Waals surface area (Å²) in [6.07, 6.45) is 5.44. The Bertz CT molecular complexity index is 1540. The van der Waals surface area contributed by atoms with Crippen LogP contribution in [0, 0.1) is 0 Å². The lowest BCUT2D eigenvalue weighted by Gasteiger charge is -2.04. The summed E-state index contributed by atoms with van der Waals surface area (Å²) >= 11 is 0. The van der Waals surface area contributed by atoms with Crippen LogP contribution < -0.4 is 31.0 Å². The predicted octanol–water partition coefficient (Wildman–Crippen LogP) is 2.29. The molecule has 0 atom stereocenters. The SMILES string of the molecule is O=C(/C=C/c1ccc2c(c1)OCO2)c1c2[nH]c3ccccc3c2cc[n+]1Cc1ccccc1.[Br-]. The molecule has 5 nitrogen and oxygen atoms in total. The number of fused-ring (bicyclic) bond motifs is 4. The van der Waals surface area contributed by atoms with Crippen molar-refractivity contribution in [2.45, 2.75) is 6.54 Å². The Kier molecular flexibility index (Phi) is 5.90. The second-order valence-corrected chi connectivity index (χ2v) is 8.05. The summed E-state index contributed by atoms with van der Waals surface area (Å²) in [5.74, 6) is 1.35. The average molecular weight is 513 g/mol. The second-order valence-electron chi connectivity index (χ2n) is 8.05. The third kappa shape index (κ3) is 3.97. The maximum atomic E-state index is 13.6. The topological polar surface area (TPSA) is 55.2 Å². The molecule has 168 valence electrons. The highest BCUT2D eigenvalue weighted by molar-refractivity contribution is 6.16. The van der Waals surface area contributed by atoms with E-state index in [0.717, 1.165) is 38.7 Å². The minimum atomic E-state index is -0.0687. The van der Waals surface area contributed by atoms with Gasteiger partial charge in [0.25, 0.3) is 11.5 Å². The summed E-state index contributed by atoms with van der Waals surface area (Å²) in [5.41, 5.74) is 4.50. The number of aromatic amines is 1. The third-order valence-corrected chi connectivity index (χ3v) is 5.94. The third-order valence-electron chi connectivity index (χ3n) is 5.94. The predicted molar refractivity (Wildman–Crippen MR) is 127 cm³/mol. The highest BCUT2D eigenvalue weighted by Gasteiger charge is 2.24. The summed E-state index contributed by atoms with van der Waals surface area (Å²) in [6, 6.07) is 26.0. The molecule has 0 aliphatic carbocycles. The molecule has 0 bridgehead atoms. The van der Waals surface area contributed by atoms with Crippen LogP contribution in [-0.2, 0) is 6.54 Å². The monoisotopic (exact) mass is 512 g/mol. The van der Waals surface area contributed by atoms with Crippen LogP contribution in [0.25, 0.3) is 27.9 Å². The molecule has 1 N–H and O–H groups in total. The molecular weight excluding hydrogens is 492 g/mol. The molecule has 0 amide bonds. The number of hydrogen-bond donors (Lipinski definition) is 1. The van der Waals surface area contributed by atoms with E-state index in [1.165, 1.54) is 0 Å². The highest BCUT2D eigenvalue weighted by Crippen LogP contribution is 2.33. The molecule has 2 aromatic heterocycles. The Morgan fingerprint density at radius 2 is 1.71 bits per heavy atom. The number of halogens is 1. The molecule has 5 aromatic rings. The Morgan fingerprint density at radius 3 is 2.59 bits per heavy atom. The largest absolute Gasteiger partial charge is 1.00 e. The molecule has 6 heteroatoms. The zero-order valence-corrected chi connectivity index (χ0v) is 19.8. The van der Waals surface area contributed by atoms with Gasteiger partial charge in [-0.2, -0.15) is 4.57 Å². The van der Waals surface area contributed by atoms with E-state index in [4.69, 9.17) is 9.47 Å². The van der Waals surface area contributed by atoms with E-state index in [2.05, 4.69) is 29.2 Å². The van der Waals surface area contributed by atoms with Gasteiger partial charge in [0.2, 0.25) is 6.79 Å². The Morgan fingerprint density at radius 1 is 0.912 bits per heavy atom. The molecule has 0 saturated heterocycles. The van der Waals surface area contributed by atoms with Gasteiger partial charge in [0, 0.05) is 27.9 Å². The number of rotatable bonds is 5. The number of pyridine rings is 1. The van der Waals surface area contributed by atoms with Crippen molar-refractivity contribution in [1.29, 1.82) is 0 Å². The van der Waals surface area contributed by atoms with E-state index in [0.29, 0.717) is 18.0 Å². The number of nitrogens with one attached hydrogen (secondary N) is 1. The average Bonchev–Trinajstić information content (AvgIpc) is 3.47. The van der Waals surface area contributed by atoms with Crippen LogP contribution in [0.15, 0.2) is 91.1 Å². The smallest absolute Gasteiger partial charge is 0.277 e. The Labute approximate surface area is 207 Å².